The fourth-order valence-electron chi connectivity index (χ4n) is 3.95. The minimum atomic E-state index is -0.452. The van der Waals surface area contributed by atoms with Crippen molar-refractivity contribution in [1.29, 1.82) is 0 Å². The molecular weight excluding hydrogens is 278 g/mol. The van der Waals surface area contributed by atoms with Crippen molar-refractivity contribution in [2.24, 2.45) is 11.1 Å². The molecule has 1 atom stereocenters. The van der Waals surface area contributed by atoms with Crippen LogP contribution in [0.4, 0.5) is 0 Å². The molecule has 1 aromatic rings. The maximum Gasteiger partial charge on any atom is 0.312 e. The fourth-order valence-corrected chi connectivity index (χ4v) is 3.95. The smallest absolute Gasteiger partial charge is 0.312 e. The van der Waals surface area contributed by atoms with E-state index in [-0.39, 0.29) is 17.4 Å². The van der Waals surface area contributed by atoms with Gasteiger partial charge in [-0.25, -0.2) is 9.97 Å². The van der Waals surface area contributed by atoms with Crippen LogP contribution in [0, 0.1) is 5.41 Å². The first kappa shape index (κ1) is 15.4. The Bertz CT molecular complexity index is 557. The summed E-state index contributed by atoms with van der Waals surface area (Å²) in [7, 11) is 0. The number of nitrogens with zero attached hydrogens (tertiary/aromatic N) is 2. The van der Waals surface area contributed by atoms with E-state index in [0.717, 1.165) is 37.7 Å². The number of carbonyl (C=O) groups is 1. The second kappa shape index (κ2) is 5.01. The monoisotopic (exact) mass is 303 g/mol. The molecule has 1 unspecified atom stereocenters. The number of nitrogens with two attached hydrogens (primary N) is 1. The van der Waals surface area contributed by atoms with E-state index in [2.05, 4.69) is 9.97 Å². The highest BCUT2D eigenvalue weighted by Gasteiger charge is 2.57. The Morgan fingerprint density at radius 2 is 1.82 bits per heavy atom. The number of carbonyl (C=O) groups excluding carboxylic acids is 1. The summed E-state index contributed by atoms with van der Waals surface area (Å²) < 4.78 is 5.70. The molecule has 120 valence electrons. The quantitative estimate of drug-likeness (QED) is 0.850. The lowest BCUT2D eigenvalue weighted by Gasteiger charge is -2.55. The standard InChI is InChI=1S/C17H25N3O2/c1-15(2,3)22-14(21)16-4-6-17(18,7-5-16)13(8-16)12-9-19-11-20-10-12/h9-11,13H,4-8,18H2,1-3H3. The summed E-state index contributed by atoms with van der Waals surface area (Å²) in [6.07, 6.45) is 9.28. The van der Waals surface area contributed by atoms with Crippen LogP contribution >= 0.6 is 0 Å². The highest BCUT2D eigenvalue weighted by Crippen LogP contribution is 2.58. The van der Waals surface area contributed by atoms with Crippen LogP contribution in [0.15, 0.2) is 18.7 Å². The molecule has 22 heavy (non-hydrogen) atoms. The predicted octanol–water partition coefficient (Wildman–Crippen LogP) is 2.56. The number of rotatable bonds is 2. The van der Waals surface area contributed by atoms with Gasteiger partial charge in [-0.15, -0.1) is 0 Å². The number of aromatic nitrogens is 2. The molecule has 0 amide bonds. The molecule has 5 nitrogen and oxygen atoms in total. The molecule has 0 radical (unpaired) electrons. The molecule has 0 saturated heterocycles. The second-order valence-corrected chi connectivity index (χ2v) is 7.94. The van der Waals surface area contributed by atoms with E-state index in [1.54, 1.807) is 0 Å². The summed E-state index contributed by atoms with van der Waals surface area (Å²) in [5, 5.41) is 0. The Hall–Kier alpha value is -1.49. The maximum absolute atomic E-state index is 12.8. The highest BCUT2D eigenvalue weighted by atomic mass is 16.6. The van der Waals surface area contributed by atoms with Gasteiger partial charge in [0.25, 0.3) is 0 Å². The minimum Gasteiger partial charge on any atom is -0.460 e. The number of ether oxygens (including phenoxy) is 1. The molecular formula is C17H25N3O2. The van der Waals surface area contributed by atoms with Gasteiger partial charge < -0.3 is 10.5 Å². The Balaban J connectivity index is 1.88. The van der Waals surface area contributed by atoms with Gasteiger partial charge in [0.15, 0.2) is 0 Å². The van der Waals surface area contributed by atoms with Crippen molar-refractivity contribution in [2.75, 3.05) is 0 Å². The largest absolute Gasteiger partial charge is 0.460 e. The SMILES string of the molecule is CC(C)(C)OC(=O)C12CCC(N)(CC1)C(c1cncnc1)C2. The molecule has 3 aliphatic carbocycles. The molecule has 5 heteroatoms. The van der Waals surface area contributed by atoms with Crippen molar-refractivity contribution >= 4 is 5.97 Å². The molecule has 3 saturated carbocycles. The third-order valence-electron chi connectivity index (χ3n) is 5.24. The van der Waals surface area contributed by atoms with Crippen molar-refractivity contribution in [3.8, 4) is 0 Å². The Kier molecular flexibility index (Phi) is 3.51. The summed E-state index contributed by atoms with van der Waals surface area (Å²) in [6, 6.07) is 0. The maximum atomic E-state index is 12.8. The van der Waals surface area contributed by atoms with Crippen LogP contribution in [0.2, 0.25) is 0 Å². The summed E-state index contributed by atoms with van der Waals surface area (Å²) in [5.41, 5.74) is 6.60. The zero-order chi connectivity index (χ0) is 16.0. The van der Waals surface area contributed by atoms with Gasteiger partial charge in [-0.3, -0.25) is 4.79 Å². The van der Waals surface area contributed by atoms with E-state index < -0.39 is 11.0 Å². The Morgan fingerprint density at radius 3 is 2.36 bits per heavy atom. The highest BCUT2D eigenvalue weighted by molar-refractivity contribution is 5.78. The molecule has 0 aliphatic heterocycles. The molecule has 4 rings (SSSR count). The van der Waals surface area contributed by atoms with Gasteiger partial charge in [0.1, 0.15) is 11.9 Å². The van der Waals surface area contributed by atoms with Gasteiger partial charge >= 0.3 is 5.97 Å². The lowest BCUT2D eigenvalue weighted by molar-refractivity contribution is -0.175. The van der Waals surface area contributed by atoms with Crippen LogP contribution < -0.4 is 5.73 Å². The molecule has 1 aromatic heterocycles. The van der Waals surface area contributed by atoms with Gasteiger partial charge in [-0.1, -0.05) is 0 Å². The fraction of sp³-hybridized carbons (Fsp3) is 0.706. The third-order valence-corrected chi connectivity index (χ3v) is 5.24. The van der Waals surface area contributed by atoms with E-state index in [1.165, 1.54) is 6.33 Å². The topological polar surface area (TPSA) is 78.1 Å². The first-order valence-electron chi connectivity index (χ1n) is 8.01. The van der Waals surface area contributed by atoms with Crippen LogP contribution in [0.3, 0.4) is 0 Å². The first-order chi connectivity index (χ1) is 10.2. The van der Waals surface area contributed by atoms with E-state index in [0.29, 0.717) is 0 Å². The molecule has 2 N–H and O–H groups in total. The van der Waals surface area contributed by atoms with Gasteiger partial charge in [-0.05, 0) is 58.4 Å². The van der Waals surface area contributed by atoms with Crippen LogP contribution in [-0.2, 0) is 9.53 Å². The van der Waals surface area contributed by atoms with Crippen molar-refractivity contribution in [1.82, 2.24) is 9.97 Å². The molecule has 0 aromatic carbocycles. The van der Waals surface area contributed by atoms with Gasteiger partial charge in [0, 0.05) is 23.9 Å². The van der Waals surface area contributed by atoms with E-state index in [9.17, 15) is 4.79 Å². The molecule has 3 fully saturated rings. The zero-order valence-corrected chi connectivity index (χ0v) is 13.6. The summed E-state index contributed by atoms with van der Waals surface area (Å²) in [6.45, 7) is 5.76. The second-order valence-electron chi connectivity index (χ2n) is 7.94. The molecule has 1 heterocycles. The van der Waals surface area contributed by atoms with E-state index in [1.807, 2.05) is 33.2 Å². The summed E-state index contributed by atoms with van der Waals surface area (Å²) >= 11 is 0. The Morgan fingerprint density at radius 1 is 1.23 bits per heavy atom. The lowest BCUT2D eigenvalue weighted by Crippen LogP contribution is -2.59. The predicted molar refractivity (Wildman–Crippen MR) is 83.1 cm³/mol. The zero-order valence-electron chi connectivity index (χ0n) is 13.6. The van der Waals surface area contributed by atoms with Crippen molar-refractivity contribution < 1.29 is 9.53 Å². The molecule has 2 bridgehead atoms. The van der Waals surface area contributed by atoms with Crippen LogP contribution in [0.1, 0.15) is 64.4 Å². The van der Waals surface area contributed by atoms with Crippen LogP contribution in [-0.4, -0.2) is 27.1 Å². The summed E-state index contributed by atoms with van der Waals surface area (Å²) in [5.74, 6) is 0.0623. The summed E-state index contributed by atoms with van der Waals surface area (Å²) in [4.78, 5) is 21.0. The number of fused-ring (bicyclic) bond motifs is 3. The first-order valence-corrected chi connectivity index (χ1v) is 8.01. The lowest BCUT2D eigenvalue weighted by atomic mass is 9.52. The number of hydrogen-bond acceptors (Lipinski definition) is 5. The van der Waals surface area contributed by atoms with E-state index >= 15 is 0 Å². The average Bonchev–Trinajstić information content (AvgIpc) is 2.47. The van der Waals surface area contributed by atoms with E-state index in [4.69, 9.17) is 10.5 Å². The van der Waals surface area contributed by atoms with Gasteiger partial charge in [0.05, 0.1) is 5.41 Å². The van der Waals surface area contributed by atoms with Crippen molar-refractivity contribution in [3.05, 3.63) is 24.3 Å². The molecule has 3 aliphatic rings. The molecule has 0 spiro atoms. The van der Waals surface area contributed by atoms with Crippen LogP contribution in [0.25, 0.3) is 0 Å². The number of hydrogen-bond donors (Lipinski definition) is 1. The third kappa shape index (κ3) is 2.62. The van der Waals surface area contributed by atoms with Crippen molar-refractivity contribution in [3.63, 3.8) is 0 Å². The number of esters is 1. The minimum absolute atomic E-state index is 0.0661. The van der Waals surface area contributed by atoms with Crippen molar-refractivity contribution in [2.45, 2.75) is 69.9 Å². The van der Waals surface area contributed by atoms with Gasteiger partial charge in [-0.2, -0.15) is 0 Å². The van der Waals surface area contributed by atoms with Gasteiger partial charge in [0.2, 0.25) is 0 Å². The average molecular weight is 303 g/mol. The van der Waals surface area contributed by atoms with Crippen LogP contribution in [0.5, 0.6) is 0 Å². The normalized spacial score (nSPS) is 34.5. The Labute approximate surface area is 131 Å².